The average molecular weight is 373 g/mol. The summed E-state index contributed by atoms with van der Waals surface area (Å²) in [5.74, 6) is -0.620. The largest absolute Gasteiger partial charge is 0.489 e. The van der Waals surface area contributed by atoms with E-state index < -0.39 is 11.6 Å². The average Bonchev–Trinajstić information content (AvgIpc) is 2.63. The van der Waals surface area contributed by atoms with Crippen molar-refractivity contribution in [3.05, 3.63) is 29.8 Å². The van der Waals surface area contributed by atoms with Crippen molar-refractivity contribution < 1.29 is 18.3 Å². The highest BCUT2D eigenvalue weighted by molar-refractivity contribution is 8.00. The molecule has 1 aromatic rings. The second-order valence-corrected chi connectivity index (χ2v) is 7.05. The second kappa shape index (κ2) is 9.82. The van der Waals surface area contributed by atoms with Gasteiger partial charge in [0, 0.05) is 37.6 Å². The van der Waals surface area contributed by atoms with E-state index in [0.29, 0.717) is 12.5 Å². The number of nitrogens with one attached hydrogen (secondary N) is 2. The maximum absolute atomic E-state index is 13.5. The monoisotopic (exact) mass is 373 g/mol. The number of guanidine groups is 1. The summed E-state index contributed by atoms with van der Waals surface area (Å²) in [6, 6.07) is 3.26. The molecule has 5 nitrogen and oxygen atoms in total. The first-order valence-electron chi connectivity index (χ1n) is 8.24. The number of thioether (sulfide) groups is 1. The van der Waals surface area contributed by atoms with Gasteiger partial charge in [-0.3, -0.25) is 4.99 Å². The lowest BCUT2D eigenvalue weighted by Crippen LogP contribution is -2.48. The van der Waals surface area contributed by atoms with Crippen molar-refractivity contribution in [2.75, 3.05) is 46.2 Å². The Hall–Kier alpha value is -1.54. The van der Waals surface area contributed by atoms with Crippen LogP contribution in [0.5, 0.6) is 5.75 Å². The fourth-order valence-corrected chi connectivity index (χ4v) is 3.38. The number of hydrogen-bond acceptors (Lipinski definition) is 4. The zero-order chi connectivity index (χ0) is 18.1. The van der Waals surface area contributed by atoms with E-state index in [1.54, 1.807) is 7.05 Å². The van der Waals surface area contributed by atoms with Crippen LogP contribution in [0.1, 0.15) is 12.8 Å². The number of halogens is 2. The van der Waals surface area contributed by atoms with Crippen LogP contribution in [0.4, 0.5) is 8.78 Å². The van der Waals surface area contributed by atoms with Crippen LogP contribution in [0.15, 0.2) is 23.2 Å². The van der Waals surface area contributed by atoms with Crippen LogP contribution in [-0.4, -0.2) is 56.9 Å². The third kappa shape index (κ3) is 6.04. The molecule has 1 saturated heterocycles. The molecule has 1 aliphatic rings. The van der Waals surface area contributed by atoms with Gasteiger partial charge in [-0.15, -0.1) is 0 Å². The van der Waals surface area contributed by atoms with Crippen molar-refractivity contribution in [2.24, 2.45) is 4.99 Å². The van der Waals surface area contributed by atoms with Gasteiger partial charge in [-0.1, -0.05) is 0 Å². The molecule has 1 fully saturated rings. The van der Waals surface area contributed by atoms with E-state index in [9.17, 15) is 8.78 Å². The quantitative estimate of drug-likeness (QED) is 0.437. The van der Waals surface area contributed by atoms with Gasteiger partial charge in [0.25, 0.3) is 0 Å². The molecular formula is C17H25F2N3O2S. The molecule has 8 heteroatoms. The Morgan fingerprint density at radius 3 is 2.72 bits per heavy atom. The van der Waals surface area contributed by atoms with Crippen LogP contribution in [0, 0.1) is 11.6 Å². The molecule has 0 bridgehead atoms. The second-order valence-electron chi connectivity index (χ2n) is 5.78. The molecule has 140 valence electrons. The minimum Gasteiger partial charge on any atom is -0.489 e. The summed E-state index contributed by atoms with van der Waals surface area (Å²) in [6.45, 7) is 3.05. The van der Waals surface area contributed by atoms with E-state index in [1.165, 1.54) is 12.1 Å². The zero-order valence-electron chi connectivity index (χ0n) is 14.6. The molecule has 2 rings (SSSR count). The van der Waals surface area contributed by atoms with Gasteiger partial charge in [0.1, 0.15) is 12.4 Å². The number of hydrogen-bond donors (Lipinski definition) is 2. The van der Waals surface area contributed by atoms with E-state index in [1.807, 2.05) is 11.8 Å². The number of nitrogens with zero attached hydrogens (tertiary/aromatic N) is 1. The third-order valence-electron chi connectivity index (χ3n) is 4.18. The van der Waals surface area contributed by atoms with Crippen molar-refractivity contribution >= 4 is 17.7 Å². The maximum Gasteiger partial charge on any atom is 0.191 e. The van der Waals surface area contributed by atoms with E-state index >= 15 is 0 Å². The van der Waals surface area contributed by atoms with Crippen molar-refractivity contribution in [1.82, 2.24) is 10.6 Å². The normalized spacial score (nSPS) is 17.2. The van der Waals surface area contributed by atoms with Gasteiger partial charge in [-0.2, -0.15) is 11.8 Å². The van der Waals surface area contributed by atoms with Crippen molar-refractivity contribution in [3.8, 4) is 5.75 Å². The number of ether oxygens (including phenoxy) is 2. The maximum atomic E-state index is 13.5. The van der Waals surface area contributed by atoms with Gasteiger partial charge in [-0.25, -0.2) is 8.78 Å². The Morgan fingerprint density at radius 2 is 2.08 bits per heavy atom. The SMILES string of the molecule is CN=C(NCCOc1ccc(F)cc1F)NCC1(SC)CCOCC1. The lowest BCUT2D eigenvalue weighted by molar-refractivity contribution is 0.0783. The summed E-state index contributed by atoms with van der Waals surface area (Å²) in [7, 11) is 1.70. The summed E-state index contributed by atoms with van der Waals surface area (Å²) in [5.41, 5.74) is 0. The lowest BCUT2D eigenvalue weighted by atomic mass is 9.99. The van der Waals surface area contributed by atoms with Gasteiger partial charge in [-0.05, 0) is 31.2 Å². The lowest BCUT2D eigenvalue weighted by Gasteiger charge is -2.36. The molecule has 0 radical (unpaired) electrons. The van der Waals surface area contributed by atoms with Gasteiger partial charge in [0.2, 0.25) is 0 Å². The van der Waals surface area contributed by atoms with Crippen LogP contribution < -0.4 is 15.4 Å². The Kier molecular flexibility index (Phi) is 7.77. The highest BCUT2D eigenvalue weighted by Gasteiger charge is 2.31. The predicted molar refractivity (Wildman–Crippen MR) is 97.5 cm³/mol. The van der Waals surface area contributed by atoms with Crippen molar-refractivity contribution in [2.45, 2.75) is 17.6 Å². The number of benzene rings is 1. The third-order valence-corrected chi connectivity index (χ3v) is 5.60. The molecule has 0 atom stereocenters. The highest BCUT2D eigenvalue weighted by atomic mass is 32.2. The first kappa shape index (κ1) is 19.8. The summed E-state index contributed by atoms with van der Waals surface area (Å²) < 4.78 is 37.2. The topological polar surface area (TPSA) is 54.9 Å². The summed E-state index contributed by atoms with van der Waals surface area (Å²) in [4.78, 5) is 4.19. The number of rotatable bonds is 7. The number of aliphatic imine (C=N–C) groups is 1. The standard InChI is InChI=1S/C17H25F2N3O2S/c1-20-16(22-12-17(25-2)5-8-23-9-6-17)21-7-10-24-15-4-3-13(18)11-14(15)19/h3-4,11H,5-10,12H2,1-2H3,(H2,20,21,22). The molecule has 0 aliphatic carbocycles. The molecule has 0 amide bonds. The molecule has 2 N–H and O–H groups in total. The van der Waals surface area contributed by atoms with E-state index in [2.05, 4.69) is 21.9 Å². The molecule has 0 spiro atoms. The Labute approximate surface area is 151 Å². The molecule has 0 aromatic heterocycles. The first-order chi connectivity index (χ1) is 12.1. The van der Waals surface area contributed by atoms with Crippen LogP contribution in [0.25, 0.3) is 0 Å². The fourth-order valence-electron chi connectivity index (χ4n) is 2.58. The van der Waals surface area contributed by atoms with Crippen LogP contribution in [0.2, 0.25) is 0 Å². The Balaban J connectivity index is 1.73. The van der Waals surface area contributed by atoms with Gasteiger partial charge in [0.05, 0.1) is 6.54 Å². The molecule has 0 unspecified atom stereocenters. The summed E-state index contributed by atoms with van der Waals surface area (Å²) >= 11 is 1.85. The van der Waals surface area contributed by atoms with E-state index in [-0.39, 0.29) is 17.1 Å². The Bertz CT molecular complexity index is 581. The first-order valence-corrected chi connectivity index (χ1v) is 9.46. The molecule has 0 saturated carbocycles. The van der Waals surface area contributed by atoms with E-state index in [4.69, 9.17) is 9.47 Å². The molecule has 1 heterocycles. The van der Waals surface area contributed by atoms with Crippen LogP contribution >= 0.6 is 11.8 Å². The molecule has 1 aromatic carbocycles. The van der Waals surface area contributed by atoms with Crippen molar-refractivity contribution in [1.29, 1.82) is 0 Å². The summed E-state index contributed by atoms with van der Waals surface area (Å²) in [5, 5.41) is 6.46. The van der Waals surface area contributed by atoms with Gasteiger partial charge < -0.3 is 20.1 Å². The highest BCUT2D eigenvalue weighted by Crippen LogP contribution is 2.32. The van der Waals surface area contributed by atoms with Crippen molar-refractivity contribution in [3.63, 3.8) is 0 Å². The predicted octanol–water partition coefficient (Wildman–Crippen LogP) is 2.42. The van der Waals surface area contributed by atoms with E-state index in [0.717, 1.165) is 38.7 Å². The molecule has 1 aliphatic heterocycles. The zero-order valence-corrected chi connectivity index (χ0v) is 15.4. The minimum atomic E-state index is -0.705. The fraction of sp³-hybridized carbons (Fsp3) is 0.588. The molecular weight excluding hydrogens is 348 g/mol. The Morgan fingerprint density at radius 1 is 1.32 bits per heavy atom. The summed E-state index contributed by atoms with van der Waals surface area (Å²) in [6.07, 6.45) is 4.13. The molecule has 25 heavy (non-hydrogen) atoms. The van der Waals surface area contributed by atoms with Crippen LogP contribution in [-0.2, 0) is 4.74 Å². The van der Waals surface area contributed by atoms with Crippen LogP contribution in [0.3, 0.4) is 0 Å². The van der Waals surface area contributed by atoms with Gasteiger partial charge in [0.15, 0.2) is 17.5 Å². The smallest absolute Gasteiger partial charge is 0.191 e. The minimum absolute atomic E-state index is 0.0367. The van der Waals surface area contributed by atoms with Gasteiger partial charge >= 0.3 is 0 Å².